The van der Waals surface area contributed by atoms with Gasteiger partial charge < -0.3 is 15.0 Å². The van der Waals surface area contributed by atoms with Crippen LogP contribution in [0, 0.1) is 0 Å². The fraction of sp³-hybridized carbons (Fsp3) is 0.333. The lowest BCUT2D eigenvalue weighted by atomic mass is 10.1. The van der Waals surface area contributed by atoms with Gasteiger partial charge >= 0.3 is 0 Å². The second-order valence-corrected chi connectivity index (χ2v) is 6.23. The molecule has 0 radical (unpaired) electrons. The molecule has 1 saturated heterocycles. The van der Waals surface area contributed by atoms with Gasteiger partial charge in [-0.2, -0.15) is 5.10 Å². The number of ether oxygens (including phenoxy) is 1. The summed E-state index contributed by atoms with van der Waals surface area (Å²) in [6, 6.07) is 8.04. The van der Waals surface area contributed by atoms with E-state index in [0.717, 1.165) is 48.2 Å². The standard InChI is InChI=1S/C18H20N4O2/c1-21-16(4-7-20-21)15-11-22(13-5-8-24-9-6-13)17-10-12(18(19)23)2-3-14(15)17/h2-4,7,10-11,13H,5-6,8-9H2,1H3,(H2,19,23). The predicted octanol–water partition coefficient (Wildman–Crippen LogP) is 2.49. The van der Waals surface area contributed by atoms with Gasteiger partial charge in [0.1, 0.15) is 0 Å². The SMILES string of the molecule is Cn1nccc1-c1cn(C2CCOCC2)c2cc(C(N)=O)ccc12. The van der Waals surface area contributed by atoms with Crippen molar-refractivity contribution in [3.8, 4) is 11.3 Å². The molecule has 124 valence electrons. The zero-order chi connectivity index (χ0) is 16.7. The number of aryl methyl sites for hydroxylation is 1. The highest BCUT2D eigenvalue weighted by Crippen LogP contribution is 2.35. The van der Waals surface area contributed by atoms with Crippen molar-refractivity contribution >= 4 is 16.8 Å². The van der Waals surface area contributed by atoms with Gasteiger partial charge in [-0.15, -0.1) is 0 Å². The highest BCUT2D eigenvalue weighted by atomic mass is 16.5. The van der Waals surface area contributed by atoms with E-state index < -0.39 is 5.91 Å². The average molecular weight is 324 g/mol. The van der Waals surface area contributed by atoms with Gasteiger partial charge in [-0.25, -0.2) is 0 Å². The van der Waals surface area contributed by atoms with E-state index in [1.54, 1.807) is 12.3 Å². The van der Waals surface area contributed by atoms with Crippen molar-refractivity contribution in [1.29, 1.82) is 0 Å². The van der Waals surface area contributed by atoms with Gasteiger partial charge in [0.15, 0.2) is 0 Å². The van der Waals surface area contributed by atoms with Crippen LogP contribution in [-0.2, 0) is 11.8 Å². The molecule has 6 nitrogen and oxygen atoms in total. The van der Waals surface area contributed by atoms with Crippen molar-refractivity contribution < 1.29 is 9.53 Å². The Bertz CT molecular complexity index is 903. The van der Waals surface area contributed by atoms with Crippen molar-refractivity contribution in [2.75, 3.05) is 13.2 Å². The normalized spacial score (nSPS) is 15.9. The summed E-state index contributed by atoms with van der Waals surface area (Å²) < 4.78 is 9.63. The van der Waals surface area contributed by atoms with Crippen molar-refractivity contribution in [2.45, 2.75) is 18.9 Å². The number of amides is 1. The van der Waals surface area contributed by atoms with E-state index in [1.165, 1.54) is 0 Å². The molecule has 3 heterocycles. The molecule has 0 saturated carbocycles. The first kappa shape index (κ1) is 15.0. The van der Waals surface area contributed by atoms with Crippen LogP contribution in [0.3, 0.4) is 0 Å². The van der Waals surface area contributed by atoms with Crippen molar-refractivity contribution in [2.24, 2.45) is 12.8 Å². The molecule has 24 heavy (non-hydrogen) atoms. The van der Waals surface area contributed by atoms with E-state index in [1.807, 2.05) is 29.9 Å². The quantitative estimate of drug-likeness (QED) is 0.804. The number of primary amides is 1. The second-order valence-electron chi connectivity index (χ2n) is 6.23. The highest BCUT2D eigenvalue weighted by molar-refractivity contribution is 6.01. The predicted molar refractivity (Wildman–Crippen MR) is 91.7 cm³/mol. The minimum Gasteiger partial charge on any atom is -0.381 e. The molecule has 4 rings (SSSR count). The van der Waals surface area contributed by atoms with E-state index >= 15 is 0 Å². The number of rotatable bonds is 3. The van der Waals surface area contributed by atoms with E-state index in [2.05, 4.69) is 15.9 Å². The van der Waals surface area contributed by atoms with Crippen LogP contribution >= 0.6 is 0 Å². The largest absolute Gasteiger partial charge is 0.381 e. The zero-order valence-corrected chi connectivity index (χ0v) is 13.6. The Balaban J connectivity index is 1.94. The summed E-state index contributed by atoms with van der Waals surface area (Å²) in [5.41, 5.74) is 9.22. The number of hydrogen-bond donors (Lipinski definition) is 1. The summed E-state index contributed by atoms with van der Waals surface area (Å²) in [6.45, 7) is 1.53. The Morgan fingerprint density at radius 1 is 1.29 bits per heavy atom. The molecule has 2 aromatic heterocycles. The lowest BCUT2D eigenvalue weighted by molar-refractivity contribution is 0.0707. The number of hydrogen-bond acceptors (Lipinski definition) is 3. The topological polar surface area (TPSA) is 75.1 Å². The third-order valence-electron chi connectivity index (χ3n) is 4.80. The number of aromatic nitrogens is 3. The number of benzene rings is 1. The summed E-state index contributed by atoms with van der Waals surface area (Å²) >= 11 is 0. The number of nitrogens with zero attached hydrogens (tertiary/aromatic N) is 3. The van der Waals surface area contributed by atoms with Crippen LogP contribution in [-0.4, -0.2) is 33.5 Å². The molecule has 1 aliphatic heterocycles. The summed E-state index contributed by atoms with van der Waals surface area (Å²) in [4.78, 5) is 11.6. The minimum atomic E-state index is -0.404. The average Bonchev–Trinajstić information content (AvgIpc) is 3.18. The Morgan fingerprint density at radius 3 is 2.75 bits per heavy atom. The summed E-state index contributed by atoms with van der Waals surface area (Å²) in [5.74, 6) is -0.404. The molecule has 1 aromatic carbocycles. The summed E-state index contributed by atoms with van der Waals surface area (Å²) in [5, 5.41) is 5.39. The van der Waals surface area contributed by atoms with Crippen molar-refractivity contribution in [3.63, 3.8) is 0 Å². The molecule has 0 aliphatic carbocycles. The van der Waals surface area contributed by atoms with Crippen LogP contribution in [0.4, 0.5) is 0 Å². The van der Waals surface area contributed by atoms with E-state index in [0.29, 0.717) is 11.6 Å². The van der Waals surface area contributed by atoms with Crippen LogP contribution in [0.2, 0.25) is 0 Å². The lowest BCUT2D eigenvalue weighted by Crippen LogP contribution is -2.19. The van der Waals surface area contributed by atoms with Crippen LogP contribution in [0.25, 0.3) is 22.2 Å². The molecule has 1 aliphatic rings. The summed E-state index contributed by atoms with van der Waals surface area (Å²) in [7, 11) is 1.94. The van der Waals surface area contributed by atoms with Crippen LogP contribution in [0.1, 0.15) is 29.2 Å². The molecule has 0 unspecified atom stereocenters. The third kappa shape index (κ3) is 2.39. The van der Waals surface area contributed by atoms with Gasteiger partial charge in [0.05, 0.1) is 5.69 Å². The first-order valence-corrected chi connectivity index (χ1v) is 8.15. The molecule has 6 heteroatoms. The maximum atomic E-state index is 11.6. The zero-order valence-electron chi connectivity index (χ0n) is 13.6. The maximum absolute atomic E-state index is 11.6. The molecular weight excluding hydrogens is 304 g/mol. The molecule has 0 spiro atoms. The number of nitrogens with two attached hydrogens (primary N) is 1. The minimum absolute atomic E-state index is 0.367. The second kappa shape index (κ2) is 5.79. The van der Waals surface area contributed by atoms with E-state index in [-0.39, 0.29) is 0 Å². The van der Waals surface area contributed by atoms with Crippen LogP contribution in [0.15, 0.2) is 36.7 Å². The lowest BCUT2D eigenvalue weighted by Gasteiger charge is -2.24. The fourth-order valence-electron chi connectivity index (χ4n) is 3.51. The van der Waals surface area contributed by atoms with Crippen LogP contribution in [0.5, 0.6) is 0 Å². The van der Waals surface area contributed by atoms with Crippen molar-refractivity contribution in [1.82, 2.24) is 14.3 Å². The first-order chi connectivity index (χ1) is 11.6. The Hall–Kier alpha value is -2.60. The maximum Gasteiger partial charge on any atom is 0.248 e. The molecule has 3 aromatic rings. The van der Waals surface area contributed by atoms with Gasteiger partial charge in [-0.3, -0.25) is 9.48 Å². The fourth-order valence-corrected chi connectivity index (χ4v) is 3.51. The van der Waals surface area contributed by atoms with E-state index in [4.69, 9.17) is 10.5 Å². The molecule has 0 atom stereocenters. The van der Waals surface area contributed by atoms with E-state index in [9.17, 15) is 4.79 Å². The first-order valence-electron chi connectivity index (χ1n) is 8.15. The van der Waals surface area contributed by atoms with Crippen molar-refractivity contribution in [3.05, 3.63) is 42.2 Å². The Labute approximate surface area is 139 Å². The monoisotopic (exact) mass is 324 g/mol. The van der Waals surface area contributed by atoms with Gasteiger partial charge in [-0.05, 0) is 31.0 Å². The molecular formula is C18H20N4O2. The van der Waals surface area contributed by atoms with Gasteiger partial charge in [-0.1, -0.05) is 6.07 Å². The Kier molecular flexibility index (Phi) is 3.61. The summed E-state index contributed by atoms with van der Waals surface area (Å²) in [6.07, 6.45) is 5.90. The molecule has 0 bridgehead atoms. The van der Waals surface area contributed by atoms with Gasteiger partial charge in [0.2, 0.25) is 5.91 Å². The van der Waals surface area contributed by atoms with Gasteiger partial charge in [0.25, 0.3) is 0 Å². The smallest absolute Gasteiger partial charge is 0.248 e. The Morgan fingerprint density at radius 2 is 2.08 bits per heavy atom. The third-order valence-corrected chi connectivity index (χ3v) is 4.80. The number of carbonyl (C=O) groups is 1. The molecule has 2 N–H and O–H groups in total. The number of fused-ring (bicyclic) bond motifs is 1. The molecule has 1 fully saturated rings. The molecule has 1 amide bonds. The number of carbonyl (C=O) groups excluding carboxylic acids is 1. The van der Waals surface area contributed by atoms with Crippen LogP contribution < -0.4 is 5.73 Å². The van der Waals surface area contributed by atoms with Gasteiger partial charge in [0, 0.05) is 60.7 Å². The highest BCUT2D eigenvalue weighted by Gasteiger charge is 2.21.